The van der Waals surface area contributed by atoms with Gasteiger partial charge in [0.25, 0.3) is 0 Å². The maximum atomic E-state index is 11.4. The first-order chi connectivity index (χ1) is 10.2. The van der Waals surface area contributed by atoms with Crippen LogP contribution in [0.3, 0.4) is 0 Å². The van der Waals surface area contributed by atoms with Crippen LogP contribution in [0.5, 0.6) is 5.75 Å². The largest absolute Gasteiger partial charge is 0.508 e. The Morgan fingerprint density at radius 3 is 3.14 bits per heavy atom. The summed E-state index contributed by atoms with van der Waals surface area (Å²) in [7, 11) is 1.53. The number of hydrogen-bond acceptors (Lipinski definition) is 4. The first-order valence-electron chi connectivity index (χ1n) is 7.43. The lowest BCUT2D eigenvalue weighted by molar-refractivity contribution is -0.125. The summed E-state index contributed by atoms with van der Waals surface area (Å²) in [4.78, 5) is 13.8. The van der Waals surface area contributed by atoms with Gasteiger partial charge in [-0.25, -0.2) is 0 Å². The second-order valence-electron chi connectivity index (χ2n) is 5.65. The zero-order chi connectivity index (χ0) is 15.1. The summed E-state index contributed by atoms with van der Waals surface area (Å²) < 4.78 is 4.81. The standard InChI is InChI=1S/C16H24N2O3/c1-21-12-16(20)17-9-14-5-3-7-18(11-14)10-13-4-2-6-15(19)8-13/h2,4,6,8,14,19H,3,5,7,9-12H2,1H3,(H,17,20)/t14-/m0/s1. The van der Waals surface area contributed by atoms with Crippen molar-refractivity contribution in [2.45, 2.75) is 19.4 Å². The molecule has 0 spiro atoms. The first-order valence-corrected chi connectivity index (χ1v) is 7.43. The van der Waals surface area contributed by atoms with E-state index in [1.165, 1.54) is 7.11 Å². The highest BCUT2D eigenvalue weighted by Crippen LogP contribution is 2.19. The minimum atomic E-state index is -0.0531. The summed E-state index contributed by atoms with van der Waals surface area (Å²) in [6, 6.07) is 7.40. The average Bonchev–Trinajstić information content (AvgIpc) is 2.46. The third kappa shape index (κ3) is 5.36. The van der Waals surface area contributed by atoms with E-state index in [0.717, 1.165) is 38.0 Å². The number of methoxy groups -OCH3 is 1. The molecule has 0 bridgehead atoms. The predicted molar refractivity (Wildman–Crippen MR) is 81.0 cm³/mol. The topological polar surface area (TPSA) is 61.8 Å². The van der Waals surface area contributed by atoms with Crippen LogP contribution in [0.1, 0.15) is 18.4 Å². The van der Waals surface area contributed by atoms with Crippen LogP contribution in [0, 0.1) is 5.92 Å². The molecule has 116 valence electrons. The van der Waals surface area contributed by atoms with Gasteiger partial charge in [-0.1, -0.05) is 12.1 Å². The van der Waals surface area contributed by atoms with Gasteiger partial charge in [0, 0.05) is 26.7 Å². The molecule has 0 saturated carbocycles. The Morgan fingerprint density at radius 1 is 1.52 bits per heavy atom. The summed E-state index contributed by atoms with van der Waals surface area (Å²) in [5.74, 6) is 0.743. The van der Waals surface area contributed by atoms with Crippen LogP contribution >= 0.6 is 0 Å². The molecule has 1 aliphatic heterocycles. The van der Waals surface area contributed by atoms with Crippen LogP contribution < -0.4 is 5.32 Å². The fourth-order valence-corrected chi connectivity index (χ4v) is 2.81. The van der Waals surface area contributed by atoms with Gasteiger partial charge < -0.3 is 15.2 Å². The zero-order valence-corrected chi connectivity index (χ0v) is 12.5. The molecule has 2 rings (SSSR count). The quantitative estimate of drug-likeness (QED) is 0.831. The van der Waals surface area contributed by atoms with E-state index in [1.807, 2.05) is 18.2 Å². The van der Waals surface area contributed by atoms with Crippen molar-refractivity contribution in [1.29, 1.82) is 0 Å². The highest BCUT2D eigenvalue weighted by molar-refractivity contribution is 5.77. The Balaban J connectivity index is 1.79. The van der Waals surface area contributed by atoms with Gasteiger partial charge in [-0.3, -0.25) is 9.69 Å². The van der Waals surface area contributed by atoms with E-state index in [2.05, 4.69) is 10.2 Å². The molecular weight excluding hydrogens is 268 g/mol. The molecule has 0 radical (unpaired) electrons. The van der Waals surface area contributed by atoms with Gasteiger partial charge in [0.05, 0.1) is 0 Å². The van der Waals surface area contributed by atoms with Crippen LogP contribution in [-0.4, -0.2) is 49.3 Å². The van der Waals surface area contributed by atoms with Crippen molar-refractivity contribution in [2.75, 3.05) is 33.4 Å². The van der Waals surface area contributed by atoms with Gasteiger partial charge in [0.2, 0.25) is 5.91 Å². The number of phenols is 1. The van der Waals surface area contributed by atoms with E-state index in [0.29, 0.717) is 18.2 Å². The lowest BCUT2D eigenvalue weighted by atomic mass is 9.97. The number of likely N-dealkylation sites (tertiary alicyclic amines) is 1. The maximum Gasteiger partial charge on any atom is 0.245 e. The van der Waals surface area contributed by atoms with Gasteiger partial charge in [-0.2, -0.15) is 0 Å². The summed E-state index contributed by atoms with van der Waals surface area (Å²) in [5.41, 5.74) is 1.12. The Labute approximate surface area is 125 Å². The summed E-state index contributed by atoms with van der Waals surface area (Å²) in [6.45, 7) is 3.72. The molecule has 0 unspecified atom stereocenters. The van der Waals surface area contributed by atoms with Crippen molar-refractivity contribution >= 4 is 5.91 Å². The molecule has 5 heteroatoms. The van der Waals surface area contributed by atoms with Crippen molar-refractivity contribution in [3.8, 4) is 5.75 Å². The van der Waals surface area contributed by atoms with Gasteiger partial charge in [-0.15, -0.1) is 0 Å². The van der Waals surface area contributed by atoms with Crippen molar-refractivity contribution in [3.63, 3.8) is 0 Å². The van der Waals surface area contributed by atoms with E-state index in [9.17, 15) is 9.90 Å². The fraction of sp³-hybridized carbons (Fsp3) is 0.562. The number of ether oxygens (including phenoxy) is 1. The van der Waals surface area contributed by atoms with Crippen molar-refractivity contribution in [1.82, 2.24) is 10.2 Å². The van der Waals surface area contributed by atoms with Gasteiger partial charge in [0.15, 0.2) is 0 Å². The average molecular weight is 292 g/mol. The van der Waals surface area contributed by atoms with Crippen LogP contribution in [0.4, 0.5) is 0 Å². The zero-order valence-electron chi connectivity index (χ0n) is 12.5. The maximum absolute atomic E-state index is 11.4. The van der Waals surface area contributed by atoms with Crippen molar-refractivity contribution in [3.05, 3.63) is 29.8 Å². The monoisotopic (exact) mass is 292 g/mol. The Kier molecular flexibility index (Phi) is 6.02. The molecule has 1 heterocycles. The molecule has 0 aromatic heterocycles. The highest BCUT2D eigenvalue weighted by atomic mass is 16.5. The van der Waals surface area contributed by atoms with Gasteiger partial charge in [0.1, 0.15) is 12.4 Å². The molecule has 1 fully saturated rings. The second kappa shape index (κ2) is 8.00. The van der Waals surface area contributed by atoms with E-state index >= 15 is 0 Å². The number of carbonyl (C=O) groups is 1. The molecule has 1 atom stereocenters. The molecule has 21 heavy (non-hydrogen) atoms. The number of aromatic hydroxyl groups is 1. The minimum absolute atomic E-state index is 0.0531. The fourth-order valence-electron chi connectivity index (χ4n) is 2.81. The molecule has 2 N–H and O–H groups in total. The first kappa shape index (κ1) is 15.8. The van der Waals surface area contributed by atoms with Crippen LogP contribution in [0.15, 0.2) is 24.3 Å². The van der Waals surface area contributed by atoms with Gasteiger partial charge >= 0.3 is 0 Å². The highest BCUT2D eigenvalue weighted by Gasteiger charge is 2.20. The predicted octanol–water partition coefficient (Wildman–Crippen LogP) is 1.37. The molecule has 1 amide bonds. The third-order valence-electron chi connectivity index (χ3n) is 3.78. The number of hydrogen-bond donors (Lipinski definition) is 2. The summed E-state index contributed by atoms with van der Waals surface area (Å²) >= 11 is 0. The van der Waals surface area contributed by atoms with Crippen LogP contribution in [0.2, 0.25) is 0 Å². The normalized spacial score (nSPS) is 19.4. The molecule has 0 aliphatic carbocycles. The Hall–Kier alpha value is -1.59. The number of phenolic OH excluding ortho intramolecular Hbond substituents is 1. The number of benzene rings is 1. The lowest BCUT2D eigenvalue weighted by Crippen LogP contribution is -2.41. The van der Waals surface area contributed by atoms with E-state index < -0.39 is 0 Å². The summed E-state index contributed by atoms with van der Waals surface area (Å²) in [5, 5.41) is 12.4. The Morgan fingerprint density at radius 2 is 2.38 bits per heavy atom. The number of piperidine rings is 1. The molecule has 1 aromatic carbocycles. The van der Waals surface area contributed by atoms with E-state index in [1.54, 1.807) is 6.07 Å². The van der Waals surface area contributed by atoms with Crippen molar-refractivity contribution < 1.29 is 14.6 Å². The SMILES string of the molecule is COCC(=O)NC[C@@H]1CCCN(Cc2cccc(O)c2)C1. The van der Waals surface area contributed by atoms with Crippen LogP contribution in [-0.2, 0) is 16.1 Å². The number of carbonyl (C=O) groups excluding carboxylic acids is 1. The number of amides is 1. The molecule has 1 aromatic rings. The molecule has 1 aliphatic rings. The summed E-state index contributed by atoms with van der Waals surface area (Å²) in [6.07, 6.45) is 2.29. The van der Waals surface area contributed by atoms with Crippen molar-refractivity contribution in [2.24, 2.45) is 5.92 Å². The minimum Gasteiger partial charge on any atom is -0.508 e. The lowest BCUT2D eigenvalue weighted by Gasteiger charge is -2.32. The molecular formula is C16H24N2O3. The Bertz CT molecular complexity index is 465. The van der Waals surface area contributed by atoms with E-state index in [-0.39, 0.29) is 12.5 Å². The number of nitrogens with one attached hydrogen (secondary N) is 1. The smallest absolute Gasteiger partial charge is 0.245 e. The molecule has 5 nitrogen and oxygen atoms in total. The van der Waals surface area contributed by atoms with E-state index in [4.69, 9.17) is 4.74 Å². The molecule has 1 saturated heterocycles. The third-order valence-corrected chi connectivity index (χ3v) is 3.78. The second-order valence-corrected chi connectivity index (χ2v) is 5.65. The number of nitrogens with zero attached hydrogens (tertiary/aromatic N) is 1. The number of rotatable bonds is 6. The van der Waals surface area contributed by atoms with Crippen LogP contribution in [0.25, 0.3) is 0 Å². The van der Waals surface area contributed by atoms with Gasteiger partial charge in [-0.05, 0) is 43.0 Å².